The first-order valence-corrected chi connectivity index (χ1v) is 14.2. The number of methoxy groups -OCH3 is 3. The number of hydrogen-bond acceptors (Lipinski definition) is 7. The molecule has 44 heavy (non-hydrogen) atoms. The Labute approximate surface area is 253 Å². The maximum Gasteiger partial charge on any atom is 0.186 e. The molecular weight excluding hydrogens is 561 g/mol. The molecule has 2 aliphatic heterocycles. The summed E-state index contributed by atoms with van der Waals surface area (Å²) in [5, 5.41) is 0. The molecule has 7 rings (SSSR count). The van der Waals surface area contributed by atoms with E-state index in [0.717, 1.165) is 0 Å². The lowest BCUT2D eigenvalue weighted by molar-refractivity contribution is 0.0664. The van der Waals surface area contributed by atoms with Gasteiger partial charge >= 0.3 is 0 Å². The Kier molecular flexibility index (Phi) is 6.39. The van der Waals surface area contributed by atoms with Crippen molar-refractivity contribution in [2.75, 3.05) is 26.2 Å². The third-order valence-electron chi connectivity index (χ3n) is 9.16. The maximum atomic E-state index is 14.9. The van der Waals surface area contributed by atoms with Gasteiger partial charge in [0.25, 0.3) is 0 Å². The van der Waals surface area contributed by atoms with Crippen LogP contribution >= 0.6 is 0 Å². The number of anilines is 1. The Morgan fingerprint density at radius 3 is 2.18 bits per heavy atom. The van der Waals surface area contributed by atoms with Crippen molar-refractivity contribution in [2.45, 2.75) is 18.0 Å². The summed E-state index contributed by atoms with van der Waals surface area (Å²) in [6, 6.07) is 21.1. The van der Waals surface area contributed by atoms with Gasteiger partial charge in [-0.15, -0.1) is 0 Å². The van der Waals surface area contributed by atoms with E-state index in [-0.39, 0.29) is 17.3 Å². The van der Waals surface area contributed by atoms with Gasteiger partial charge in [0.05, 0.1) is 27.4 Å². The van der Waals surface area contributed by atoms with Crippen LogP contribution in [0.5, 0.6) is 17.2 Å². The van der Waals surface area contributed by atoms with Gasteiger partial charge in [0, 0.05) is 39.4 Å². The molecule has 0 N–H and O–H groups in total. The lowest BCUT2D eigenvalue weighted by atomic mass is 9.64. The Hall–Kier alpha value is -5.24. The molecule has 1 fully saturated rings. The van der Waals surface area contributed by atoms with E-state index < -0.39 is 29.2 Å². The van der Waals surface area contributed by atoms with Crippen molar-refractivity contribution >= 4 is 29.1 Å². The number of carbonyl (C=O) groups excluding carboxylic acids is 3. The van der Waals surface area contributed by atoms with Crippen LogP contribution in [0.25, 0.3) is 6.08 Å². The Bertz CT molecular complexity index is 1860. The second-order valence-electron chi connectivity index (χ2n) is 11.1. The van der Waals surface area contributed by atoms with Crippen LogP contribution in [-0.2, 0) is 0 Å². The molecular formula is C36H28FNO6. The fourth-order valence-electron chi connectivity index (χ4n) is 7.32. The highest BCUT2D eigenvalue weighted by Crippen LogP contribution is 2.62. The number of carbonyl (C=O) groups is 3. The third kappa shape index (κ3) is 3.70. The monoisotopic (exact) mass is 589 g/mol. The van der Waals surface area contributed by atoms with Gasteiger partial charge in [-0.2, -0.15) is 0 Å². The SMILES string of the molecule is COc1cccc(C(=O)C2C(c3cc(OC)ccc3OC)C3(C(=O)c4ccccc4C3=O)C3C=Cc4cc(F)ccc4N23)c1. The Balaban J connectivity index is 1.58. The largest absolute Gasteiger partial charge is 0.497 e. The van der Waals surface area contributed by atoms with Crippen molar-refractivity contribution in [1.82, 2.24) is 0 Å². The van der Waals surface area contributed by atoms with E-state index in [1.165, 1.54) is 33.5 Å². The molecule has 0 aromatic heterocycles. The van der Waals surface area contributed by atoms with E-state index in [1.54, 1.807) is 84.9 Å². The Morgan fingerprint density at radius 2 is 1.50 bits per heavy atom. The molecule has 220 valence electrons. The molecule has 4 aromatic carbocycles. The van der Waals surface area contributed by atoms with E-state index in [2.05, 4.69) is 0 Å². The number of Topliss-reactive ketones (excluding diaryl/α,β-unsaturated/α-hetero) is 3. The molecule has 8 heteroatoms. The average molecular weight is 590 g/mol. The van der Waals surface area contributed by atoms with Crippen molar-refractivity contribution in [3.05, 3.63) is 125 Å². The summed E-state index contributed by atoms with van der Waals surface area (Å²) < 4.78 is 31.3. The van der Waals surface area contributed by atoms with E-state index in [4.69, 9.17) is 14.2 Å². The summed E-state index contributed by atoms with van der Waals surface area (Å²) in [6.45, 7) is 0. The molecule has 3 aliphatic rings. The van der Waals surface area contributed by atoms with E-state index >= 15 is 0 Å². The molecule has 1 saturated heterocycles. The van der Waals surface area contributed by atoms with Gasteiger partial charge in [0.15, 0.2) is 17.3 Å². The molecule has 3 atom stereocenters. The standard InChI is InChI=1S/C36H28FNO6/c1-42-23-8-6-7-21(18-23)33(39)32-31(27-19-24(43-2)13-15-29(27)44-3)36(34(40)25-9-4-5-10-26(25)35(36)41)30-16-11-20-17-22(37)12-14-28(20)38(30)32/h4-19,30-32H,1-3H3. The minimum Gasteiger partial charge on any atom is -0.497 e. The van der Waals surface area contributed by atoms with E-state index in [1.807, 2.05) is 4.90 Å². The lowest BCUT2D eigenvalue weighted by Gasteiger charge is -2.37. The van der Waals surface area contributed by atoms with Crippen LogP contribution in [0.2, 0.25) is 0 Å². The molecule has 1 aliphatic carbocycles. The van der Waals surface area contributed by atoms with Crippen LogP contribution in [0, 0.1) is 11.2 Å². The van der Waals surface area contributed by atoms with Crippen LogP contribution in [0.1, 0.15) is 48.1 Å². The third-order valence-corrected chi connectivity index (χ3v) is 9.16. The summed E-state index contributed by atoms with van der Waals surface area (Å²) in [4.78, 5) is 46.4. The molecule has 0 amide bonds. The van der Waals surface area contributed by atoms with Crippen molar-refractivity contribution in [1.29, 1.82) is 0 Å². The van der Waals surface area contributed by atoms with E-state index in [9.17, 15) is 18.8 Å². The minimum atomic E-state index is -1.74. The molecule has 0 bridgehead atoms. The van der Waals surface area contributed by atoms with Crippen molar-refractivity contribution < 1.29 is 33.0 Å². The predicted molar refractivity (Wildman–Crippen MR) is 163 cm³/mol. The van der Waals surface area contributed by atoms with Gasteiger partial charge in [0.1, 0.15) is 34.5 Å². The normalized spacial score (nSPS) is 20.7. The van der Waals surface area contributed by atoms with Crippen LogP contribution < -0.4 is 19.1 Å². The highest BCUT2D eigenvalue weighted by Gasteiger charge is 2.72. The number of ether oxygens (including phenoxy) is 3. The van der Waals surface area contributed by atoms with Crippen molar-refractivity contribution in [2.24, 2.45) is 5.41 Å². The fourth-order valence-corrected chi connectivity index (χ4v) is 7.32. The number of fused-ring (bicyclic) bond motifs is 5. The van der Waals surface area contributed by atoms with Gasteiger partial charge in [-0.1, -0.05) is 48.6 Å². The number of benzene rings is 4. The summed E-state index contributed by atoms with van der Waals surface area (Å²) >= 11 is 0. The first-order chi connectivity index (χ1) is 21.3. The predicted octanol–water partition coefficient (Wildman–Crippen LogP) is 6.17. The van der Waals surface area contributed by atoms with E-state index in [0.29, 0.717) is 50.8 Å². The zero-order valence-corrected chi connectivity index (χ0v) is 24.2. The molecule has 7 nitrogen and oxygen atoms in total. The van der Waals surface area contributed by atoms with Gasteiger partial charge in [-0.25, -0.2) is 4.39 Å². The van der Waals surface area contributed by atoms with Crippen LogP contribution in [0.3, 0.4) is 0 Å². The molecule has 4 aromatic rings. The first-order valence-electron chi connectivity index (χ1n) is 14.2. The summed E-state index contributed by atoms with van der Waals surface area (Å²) in [5.74, 6) is -1.19. The smallest absolute Gasteiger partial charge is 0.186 e. The van der Waals surface area contributed by atoms with Gasteiger partial charge in [-0.3, -0.25) is 14.4 Å². The molecule has 0 saturated carbocycles. The van der Waals surface area contributed by atoms with Crippen LogP contribution in [-0.4, -0.2) is 50.8 Å². The average Bonchev–Trinajstić information content (AvgIpc) is 3.49. The second kappa shape index (κ2) is 10.2. The molecule has 0 radical (unpaired) electrons. The lowest BCUT2D eigenvalue weighted by Crippen LogP contribution is -2.48. The number of hydrogen-bond donors (Lipinski definition) is 0. The molecule has 2 heterocycles. The van der Waals surface area contributed by atoms with Crippen molar-refractivity contribution in [3.8, 4) is 17.2 Å². The van der Waals surface area contributed by atoms with Crippen molar-refractivity contribution in [3.63, 3.8) is 0 Å². The van der Waals surface area contributed by atoms with Gasteiger partial charge in [0.2, 0.25) is 0 Å². The quantitative estimate of drug-likeness (QED) is 0.197. The fraction of sp³-hybridized carbons (Fsp3) is 0.194. The zero-order chi connectivity index (χ0) is 30.7. The highest BCUT2D eigenvalue weighted by atomic mass is 19.1. The summed E-state index contributed by atoms with van der Waals surface area (Å²) in [5.41, 5.74) is 0.758. The summed E-state index contributed by atoms with van der Waals surface area (Å²) in [6.07, 6.45) is 3.48. The second-order valence-corrected chi connectivity index (χ2v) is 11.1. The van der Waals surface area contributed by atoms with Crippen LogP contribution in [0.15, 0.2) is 91.0 Å². The van der Waals surface area contributed by atoms with Gasteiger partial charge < -0.3 is 19.1 Å². The maximum absolute atomic E-state index is 14.9. The van der Waals surface area contributed by atoms with Crippen LogP contribution in [0.4, 0.5) is 10.1 Å². The summed E-state index contributed by atoms with van der Waals surface area (Å²) in [7, 11) is 4.54. The number of rotatable bonds is 6. The molecule has 1 spiro atoms. The number of nitrogens with zero attached hydrogens (tertiary/aromatic N) is 1. The first kappa shape index (κ1) is 27.6. The number of halogens is 1. The highest BCUT2D eigenvalue weighted by molar-refractivity contribution is 6.32. The van der Waals surface area contributed by atoms with Gasteiger partial charge in [-0.05, 0) is 48.5 Å². The topological polar surface area (TPSA) is 82.1 Å². The minimum absolute atomic E-state index is 0.303. The number of ketones is 3. The Morgan fingerprint density at radius 1 is 0.795 bits per heavy atom. The zero-order valence-electron chi connectivity index (χ0n) is 24.2. The molecule has 3 unspecified atom stereocenters.